The zero-order chi connectivity index (χ0) is 7.82. The zero-order valence-electron chi connectivity index (χ0n) is 5.69. The third-order valence-corrected chi connectivity index (χ3v) is 0.892. The fourth-order valence-electron chi connectivity index (χ4n) is 0.399. The molecule has 0 amide bonds. The first-order valence-corrected chi connectivity index (χ1v) is 2.94. The van der Waals surface area contributed by atoms with E-state index in [4.69, 9.17) is 15.1 Å². The third kappa shape index (κ3) is 4.46. The Morgan fingerprint density at radius 3 is 2.70 bits per heavy atom. The Bertz CT molecular complexity index is 79.8. The van der Waals surface area contributed by atoms with Gasteiger partial charge in [0.05, 0.1) is 19.8 Å². The van der Waals surface area contributed by atoms with Gasteiger partial charge in [-0.15, -0.1) is 6.58 Å². The van der Waals surface area contributed by atoms with Gasteiger partial charge in [0.2, 0.25) is 0 Å². The van der Waals surface area contributed by atoms with Crippen LogP contribution in [0.2, 0.25) is 0 Å². The second-order valence-electron chi connectivity index (χ2n) is 1.74. The predicted octanol–water partition coefficient (Wildman–Crippen LogP) is 0.0395. The first-order chi connectivity index (χ1) is 4.85. The van der Waals surface area contributed by atoms with Gasteiger partial charge in [-0.3, -0.25) is 5.26 Å². The topological polar surface area (TPSA) is 58.9 Å². The fraction of sp³-hybridized carbons (Fsp3) is 0.667. The standard InChI is InChI=1S/C6H12O4/c1-2-3-9-5-6(4-7)10-8/h2,6-8H,1,3-5H2/t6-/m0/s1. The van der Waals surface area contributed by atoms with Crippen molar-refractivity contribution < 1.29 is 20.0 Å². The van der Waals surface area contributed by atoms with Crippen molar-refractivity contribution in [2.75, 3.05) is 19.8 Å². The van der Waals surface area contributed by atoms with E-state index in [1.54, 1.807) is 6.08 Å². The lowest BCUT2D eigenvalue weighted by Crippen LogP contribution is -2.22. The monoisotopic (exact) mass is 148 g/mol. The van der Waals surface area contributed by atoms with Crippen LogP contribution in [0.1, 0.15) is 0 Å². The molecule has 0 aliphatic carbocycles. The maximum absolute atomic E-state index is 8.43. The van der Waals surface area contributed by atoms with Gasteiger partial charge in [0, 0.05) is 0 Å². The number of aliphatic hydroxyl groups excluding tert-OH is 1. The Balaban J connectivity index is 3.16. The second-order valence-corrected chi connectivity index (χ2v) is 1.74. The molecule has 1 atom stereocenters. The summed E-state index contributed by atoms with van der Waals surface area (Å²) in [5.74, 6) is 0. The summed E-state index contributed by atoms with van der Waals surface area (Å²) in [5, 5.41) is 16.5. The van der Waals surface area contributed by atoms with Gasteiger partial charge < -0.3 is 9.84 Å². The van der Waals surface area contributed by atoms with Crippen molar-refractivity contribution in [2.24, 2.45) is 0 Å². The lowest BCUT2D eigenvalue weighted by molar-refractivity contribution is -0.292. The number of ether oxygens (including phenoxy) is 1. The molecule has 0 spiro atoms. The van der Waals surface area contributed by atoms with E-state index < -0.39 is 6.10 Å². The van der Waals surface area contributed by atoms with E-state index in [1.807, 2.05) is 0 Å². The molecule has 0 unspecified atom stereocenters. The van der Waals surface area contributed by atoms with Gasteiger partial charge in [-0.05, 0) is 0 Å². The van der Waals surface area contributed by atoms with Crippen molar-refractivity contribution >= 4 is 0 Å². The van der Waals surface area contributed by atoms with Crippen LogP contribution in [0.5, 0.6) is 0 Å². The Morgan fingerprint density at radius 1 is 1.60 bits per heavy atom. The molecule has 10 heavy (non-hydrogen) atoms. The Hall–Kier alpha value is -0.420. The maximum Gasteiger partial charge on any atom is 0.139 e. The van der Waals surface area contributed by atoms with E-state index in [0.29, 0.717) is 6.61 Å². The van der Waals surface area contributed by atoms with Crippen molar-refractivity contribution in [3.8, 4) is 0 Å². The van der Waals surface area contributed by atoms with Crippen LogP contribution in [0.15, 0.2) is 12.7 Å². The van der Waals surface area contributed by atoms with E-state index in [0.717, 1.165) is 0 Å². The molecule has 2 N–H and O–H groups in total. The van der Waals surface area contributed by atoms with Gasteiger partial charge >= 0.3 is 0 Å². The molecular weight excluding hydrogens is 136 g/mol. The molecule has 0 aromatic heterocycles. The van der Waals surface area contributed by atoms with Crippen molar-refractivity contribution in [1.82, 2.24) is 0 Å². The first-order valence-electron chi connectivity index (χ1n) is 2.94. The van der Waals surface area contributed by atoms with E-state index >= 15 is 0 Å². The number of hydrogen-bond donors (Lipinski definition) is 2. The molecule has 0 aromatic carbocycles. The highest BCUT2D eigenvalue weighted by Gasteiger charge is 2.05. The van der Waals surface area contributed by atoms with E-state index in [1.165, 1.54) is 0 Å². The molecule has 0 aliphatic rings. The molecule has 0 aromatic rings. The average Bonchev–Trinajstić information content (AvgIpc) is 1.99. The minimum atomic E-state index is -0.653. The van der Waals surface area contributed by atoms with Crippen LogP contribution in [0.25, 0.3) is 0 Å². The summed E-state index contributed by atoms with van der Waals surface area (Å²) in [5.41, 5.74) is 0. The van der Waals surface area contributed by atoms with E-state index in [2.05, 4.69) is 11.5 Å². The zero-order valence-corrected chi connectivity index (χ0v) is 5.69. The summed E-state index contributed by atoms with van der Waals surface area (Å²) in [6.07, 6.45) is 0.922. The summed E-state index contributed by atoms with van der Waals surface area (Å²) in [6, 6.07) is 0. The molecule has 0 heterocycles. The molecular formula is C6H12O4. The van der Waals surface area contributed by atoms with Crippen LogP contribution in [0.4, 0.5) is 0 Å². The smallest absolute Gasteiger partial charge is 0.139 e. The van der Waals surface area contributed by atoms with Crippen LogP contribution in [0, 0.1) is 0 Å². The average molecular weight is 148 g/mol. The van der Waals surface area contributed by atoms with Crippen LogP contribution < -0.4 is 0 Å². The summed E-state index contributed by atoms with van der Waals surface area (Å²) < 4.78 is 4.86. The first kappa shape index (κ1) is 9.58. The molecule has 0 saturated heterocycles. The number of hydrogen-bond acceptors (Lipinski definition) is 4. The minimum absolute atomic E-state index is 0.166. The highest BCUT2D eigenvalue weighted by atomic mass is 17.1. The molecule has 0 bridgehead atoms. The molecule has 4 nitrogen and oxygen atoms in total. The van der Waals surface area contributed by atoms with Gasteiger partial charge in [-0.1, -0.05) is 6.08 Å². The number of rotatable bonds is 6. The number of aliphatic hydroxyl groups is 1. The quantitative estimate of drug-likeness (QED) is 0.241. The summed E-state index contributed by atoms with van der Waals surface area (Å²) >= 11 is 0. The van der Waals surface area contributed by atoms with Crippen molar-refractivity contribution in [3.63, 3.8) is 0 Å². The molecule has 0 fully saturated rings. The van der Waals surface area contributed by atoms with Gasteiger partial charge in [0.25, 0.3) is 0 Å². The predicted molar refractivity (Wildman–Crippen MR) is 35.6 cm³/mol. The Morgan fingerprint density at radius 2 is 2.30 bits per heavy atom. The lowest BCUT2D eigenvalue weighted by Gasteiger charge is -2.08. The van der Waals surface area contributed by atoms with Crippen LogP contribution in [-0.2, 0) is 9.62 Å². The highest BCUT2D eigenvalue weighted by Crippen LogP contribution is 1.88. The molecule has 0 rings (SSSR count). The molecule has 0 saturated carbocycles. The van der Waals surface area contributed by atoms with Crippen molar-refractivity contribution in [2.45, 2.75) is 6.10 Å². The Labute approximate surface area is 59.6 Å². The largest absolute Gasteiger partial charge is 0.393 e. The van der Waals surface area contributed by atoms with E-state index in [9.17, 15) is 0 Å². The maximum atomic E-state index is 8.43. The van der Waals surface area contributed by atoms with Gasteiger partial charge in [-0.25, -0.2) is 4.89 Å². The summed E-state index contributed by atoms with van der Waals surface area (Å²) in [4.78, 5) is 3.84. The third-order valence-electron chi connectivity index (χ3n) is 0.892. The summed E-state index contributed by atoms with van der Waals surface area (Å²) in [7, 11) is 0. The van der Waals surface area contributed by atoms with Crippen molar-refractivity contribution in [1.29, 1.82) is 0 Å². The highest BCUT2D eigenvalue weighted by molar-refractivity contribution is 4.64. The van der Waals surface area contributed by atoms with Crippen LogP contribution in [0.3, 0.4) is 0 Å². The summed E-state index contributed by atoms with van der Waals surface area (Å²) in [6.45, 7) is 3.72. The fourth-order valence-corrected chi connectivity index (χ4v) is 0.399. The van der Waals surface area contributed by atoms with Gasteiger partial charge in [0.1, 0.15) is 6.10 Å². The molecule has 0 radical (unpaired) electrons. The lowest BCUT2D eigenvalue weighted by atomic mass is 10.4. The van der Waals surface area contributed by atoms with Gasteiger partial charge in [0.15, 0.2) is 0 Å². The van der Waals surface area contributed by atoms with Crippen molar-refractivity contribution in [3.05, 3.63) is 12.7 Å². The molecule has 0 aliphatic heterocycles. The van der Waals surface area contributed by atoms with E-state index in [-0.39, 0.29) is 13.2 Å². The Kier molecular flexibility index (Phi) is 6.42. The van der Waals surface area contributed by atoms with Crippen LogP contribution >= 0.6 is 0 Å². The SMILES string of the molecule is C=CCOC[C@H](CO)OO. The van der Waals surface area contributed by atoms with Crippen LogP contribution in [-0.4, -0.2) is 36.3 Å². The normalized spacial score (nSPS) is 13.0. The molecule has 60 valence electrons. The van der Waals surface area contributed by atoms with Gasteiger partial charge in [-0.2, -0.15) is 0 Å². The molecule has 4 heteroatoms. The minimum Gasteiger partial charge on any atom is -0.393 e. The second kappa shape index (κ2) is 6.70.